The molecular weight excluding hydrogens is 326 g/mol. The van der Waals surface area contributed by atoms with Crippen molar-refractivity contribution in [3.05, 3.63) is 53.7 Å². The Hall–Kier alpha value is -2.40. The fourth-order valence-corrected chi connectivity index (χ4v) is 2.76. The quantitative estimate of drug-likeness (QED) is 0.630. The standard InChI is InChI=1S/C21H29N3O2/c1-4-5-6-13-24-21(2,3)14-16-7-10-18(11-8-16)26-19-12-9-17(15-23-19)20(22)25/h7-12,15,24H,4-6,13-14H2,1-3H3,(H2,22,25). The number of nitrogens with two attached hydrogens (primary N) is 1. The number of benzene rings is 1. The molecule has 2 rings (SSSR count). The molecule has 2 aromatic rings. The van der Waals surface area contributed by atoms with Crippen LogP contribution in [0.1, 0.15) is 56.0 Å². The highest BCUT2D eigenvalue weighted by Crippen LogP contribution is 2.21. The molecule has 1 aromatic carbocycles. The van der Waals surface area contributed by atoms with Crippen molar-refractivity contribution in [1.82, 2.24) is 10.3 Å². The van der Waals surface area contributed by atoms with Gasteiger partial charge in [0.2, 0.25) is 11.8 Å². The average molecular weight is 355 g/mol. The highest BCUT2D eigenvalue weighted by Gasteiger charge is 2.17. The lowest BCUT2D eigenvalue weighted by Gasteiger charge is -2.26. The second-order valence-electron chi connectivity index (χ2n) is 7.19. The largest absolute Gasteiger partial charge is 0.439 e. The van der Waals surface area contributed by atoms with E-state index in [1.165, 1.54) is 31.0 Å². The van der Waals surface area contributed by atoms with Gasteiger partial charge >= 0.3 is 0 Å². The van der Waals surface area contributed by atoms with Gasteiger partial charge in [0, 0.05) is 17.8 Å². The lowest BCUT2D eigenvalue weighted by Crippen LogP contribution is -2.41. The molecule has 0 radical (unpaired) electrons. The normalized spacial score (nSPS) is 11.3. The Morgan fingerprint density at radius 2 is 1.88 bits per heavy atom. The molecule has 0 fully saturated rings. The molecule has 3 N–H and O–H groups in total. The minimum absolute atomic E-state index is 0.0578. The lowest BCUT2D eigenvalue weighted by atomic mass is 9.94. The number of nitrogens with one attached hydrogen (secondary N) is 1. The van der Waals surface area contributed by atoms with E-state index in [0.717, 1.165) is 13.0 Å². The van der Waals surface area contributed by atoms with Gasteiger partial charge in [0.15, 0.2) is 0 Å². The van der Waals surface area contributed by atoms with Crippen molar-refractivity contribution in [2.45, 2.75) is 52.0 Å². The van der Waals surface area contributed by atoms with E-state index in [9.17, 15) is 4.79 Å². The Kier molecular flexibility index (Phi) is 7.16. The van der Waals surface area contributed by atoms with Gasteiger partial charge in [-0.1, -0.05) is 31.9 Å². The van der Waals surface area contributed by atoms with Gasteiger partial charge in [0.25, 0.3) is 0 Å². The van der Waals surface area contributed by atoms with Crippen molar-refractivity contribution in [2.75, 3.05) is 6.54 Å². The fourth-order valence-electron chi connectivity index (χ4n) is 2.76. The highest BCUT2D eigenvalue weighted by atomic mass is 16.5. The Bertz CT molecular complexity index is 694. The molecule has 0 aliphatic rings. The second kappa shape index (κ2) is 9.34. The summed E-state index contributed by atoms with van der Waals surface area (Å²) in [6.07, 6.45) is 6.09. The zero-order chi connectivity index (χ0) is 19.0. The number of nitrogens with zero attached hydrogens (tertiary/aromatic N) is 1. The van der Waals surface area contributed by atoms with Gasteiger partial charge in [-0.25, -0.2) is 4.98 Å². The van der Waals surface area contributed by atoms with E-state index in [-0.39, 0.29) is 5.54 Å². The summed E-state index contributed by atoms with van der Waals surface area (Å²) in [5.41, 5.74) is 6.88. The van der Waals surface area contributed by atoms with E-state index < -0.39 is 5.91 Å². The summed E-state index contributed by atoms with van der Waals surface area (Å²) in [4.78, 5) is 15.1. The first kappa shape index (κ1) is 19.9. The highest BCUT2D eigenvalue weighted by molar-refractivity contribution is 5.92. The number of hydrogen-bond donors (Lipinski definition) is 2. The van der Waals surface area contributed by atoms with Crippen molar-refractivity contribution < 1.29 is 9.53 Å². The van der Waals surface area contributed by atoms with Crippen molar-refractivity contribution >= 4 is 5.91 Å². The zero-order valence-electron chi connectivity index (χ0n) is 15.9. The summed E-state index contributed by atoms with van der Waals surface area (Å²) in [5, 5.41) is 3.63. The SMILES string of the molecule is CCCCCNC(C)(C)Cc1ccc(Oc2ccc(C(N)=O)cn2)cc1. The predicted molar refractivity (Wildman–Crippen MR) is 105 cm³/mol. The van der Waals surface area contributed by atoms with Gasteiger partial charge in [-0.2, -0.15) is 0 Å². The monoisotopic (exact) mass is 355 g/mol. The molecule has 5 heteroatoms. The van der Waals surface area contributed by atoms with Crippen molar-refractivity contribution in [3.63, 3.8) is 0 Å². The number of primary amides is 1. The van der Waals surface area contributed by atoms with Gasteiger partial charge in [0.05, 0.1) is 5.56 Å². The summed E-state index contributed by atoms with van der Waals surface area (Å²) >= 11 is 0. The molecule has 26 heavy (non-hydrogen) atoms. The predicted octanol–water partition coefficient (Wildman–Crippen LogP) is 4.07. The molecular formula is C21H29N3O2. The molecule has 0 atom stereocenters. The molecule has 0 unspecified atom stereocenters. The van der Waals surface area contributed by atoms with Gasteiger partial charge in [-0.05, 0) is 57.0 Å². The van der Waals surface area contributed by atoms with Crippen LogP contribution in [0.25, 0.3) is 0 Å². The summed E-state index contributed by atoms with van der Waals surface area (Å²) in [6.45, 7) is 7.73. The number of carbonyl (C=O) groups is 1. The van der Waals surface area contributed by atoms with Crippen LogP contribution in [0.3, 0.4) is 0 Å². The van der Waals surface area contributed by atoms with Crippen LogP contribution in [0.5, 0.6) is 11.6 Å². The molecule has 140 valence electrons. The lowest BCUT2D eigenvalue weighted by molar-refractivity contribution is 0.1000. The van der Waals surface area contributed by atoms with Crippen LogP contribution in [0.15, 0.2) is 42.6 Å². The number of amides is 1. The smallest absolute Gasteiger partial charge is 0.250 e. The molecule has 5 nitrogen and oxygen atoms in total. The molecule has 0 saturated heterocycles. The number of rotatable bonds is 10. The second-order valence-corrected chi connectivity index (χ2v) is 7.19. The molecule has 0 spiro atoms. The molecule has 1 heterocycles. The van der Waals surface area contributed by atoms with Crippen molar-refractivity contribution in [1.29, 1.82) is 0 Å². The number of aromatic nitrogens is 1. The first-order valence-electron chi connectivity index (χ1n) is 9.17. The Labute approximate surface area is 156 Å². The maximum absolute atomic E-state index is 11.1. The van der Waals surface area contributed by atoms with Crippen molar-refractivity contribution in [2.24, 2.45) is 5.73 Å². The topological polar surface area (TPSA) is 77.2 Å². The third-order valence-electron chi connectivity index (χ3n) is 4.20. The summed E-state index contributed by atoms with van der Waals surface area (Å²) in [6, 6.07) is 11.3. The molecule has 0 bridgehead atoms. The van der Waals surface area contributed by atoms with E-state index in [1.807, 2.05) is 12.1 Å². The first-order chi connectivity index (χ1) is 12.4. The van der Waals surface area contributed by atoms with Gasteiger partial charge < -0.3 is 15.8 Å². The summed E-state index contributed by atoms with van der Waals surface area (Å²) < 4.78 is 5.71. The molecule has 0 aliphatic heterocycles. The molecule has 0 saturated carbocycles. The third kappa shape index (κ3) is 6.48. The molecule has 0 aliphatic carbocycles. The number of hydrogen-bond acceptors (Lipinski definition) is 4. The summed E-state index contributed by atoms with van der Waals surface area (Å²) in [5.74, 6) is 0.641. The van der Waals surface area contributed by atoms with Crippen LogP contribution >= 0.6 is 0 Å². The van der Waals surface area contributed by atoms with Crippen LogP contribution in [-0.2, 0) is 6.42 Å². The number of unbranched alkanes of at least 4 members (excludes halogenated alkanes) is 2. The van der Waals surface area contributed by atoms with Gasteiger partial charge in [-0.15, -0.1) is 0 Å². The van der Waals surface area contributed by atoms with E-state index >= 15 is 0 Å². The number of pyridine rings is 1. The third-order valence-corrected chi connectivity index (χ3v) is 4.20. The van der Waals surface area contributed by atoms with E-state index in [0.29, 0.717) is 17.2 Å². The Morgan fingerprint density at radius 3 is 2.46 bits per heavy atom. The van der Waals surface area contributed by atoms with Crippen LogP contribution in [0.4, 0.5) is 0 Å². The fraction of sp³-hybridized carbons (Fsp3) is 0.429. The van der Waals surface area contributed by atoms with Crippen molar-refractivity contribution in [3.8, 4) is 11.6 Å². The Morgan fingerprint density at radius 1 is 1.15 bits per heavy atom. The first-order valence-corrected chi connectivity index (χ1v) is 9.17. The molecule has 1 aromatic heterocycles. The maximum Gasteiger partial charge on any atom is 0.250 e. The van der Waals surface area contributed by atoms with Gasteiger partial charge in [-0.3, -0.25) is 4.79 Å². The number of carbonyl (C=O) groups excluding carboxylic acids is 1. The van der Waals surface area contributed by atoms with Crippen LogP contribution in [0.2, 0.25) is 0 Å². The maximum atomic E-state index is 11.1. The average Bonchev–Trinajstić information content (AvgIpc) is 2.61. The minimum atomic E-state index is -0.501. The van der Waals surface area contributed by atoms with Crippen LogP contribution in [-0.4, -0.2) is 23.0 Å². The van der Waals surface area contributed by atoms with E-state index in [4.69, 9.17) is 10.5 Å². The number of ether oxygens (including phenoxy) is 1. The van der Waals surface area contributed by atoms with Crippen LogP contribution in [0, 0.1) is 0 Å². The zero-order valence-corrected chi connectivity index (χ0v) is 15.9. The summed E-state index contributed by atoms with van der Waals surface area (Å²) in [7, 11) is 0. The van der Waals surface area contributed by atoms with Crippen LogP contribution < -0.4 is 15.8 Å². The van der Waals surface area contributed by atoms with Gasteiger partial charge in [0.1, 0.15) is 5.75 Å². The minimum Gasteiger partial charge on any atom is -0.439 e. The molecule has 1 amide bonds. The van der Waals surface area contributed by atoms with E-state index in [1.54, 1.807) is 12.1 Å². The Balaban J connectivity index is 1.90. The van der Waals surface area contributed by atoms with E-state index in [2.05, 4.69) is 43.2 Å².